The Kier molecular flexibility index (Phi) is 22.7. The molecule has 0 fully saturated rings. The Morgan fingerprint density at radius 1 is 0.679 bits per heavy atom. The summed E-state index contributed by atoms with van der Waals surface area (Å²) in [6, 6.07) is 6.99. The number of carboxylic acids is 1. The number of carboxylic acid groups (broad SMARTS) is 1. The van der Waals surface area contributed by atoms with E-state index in [-0.39, 0.29) is 65.0 Å². The van der Waals surface area contributed by atoms with Crippen molar-refractivity contribution >= 4 is 58.5 Å². The van der Waals surface area contributed by atoms with E-state index >= 15 is 0 Å². The Bertz CT molecular complexity index is 1520. The Balaban J connectivity index is 0.000000843. The summed E-state index contributed by atoms with van der Waals surface area (Å²) in [6.07, 6.45) is 1.73. The fourth-order valence-electron chi connectivity index (χ4n) is 3.53. The molecule has 0 amide bonds. The Morgan fingerprint density at radius 3 is 1.49 bits per heavy atom. The van der Waals surface area contributed by atoms with Crippen molar-refractivity contribution in [2.75, 3.05) is 39.6 Å². The van der Waals surface area contributed by atoms with Crippen molar-refractivity contribution in [2.24, 2.45) is 0 Å². The van der Waals surface area contributed by atoms with Crippen LogP contribution in [0.4, 0.5) is 11.4 Å². The zero-order valence-corrected chi connectivity index (χ0v) is 31.9. The highest BCUT2D eigenvalue weighted by atomic mass is 35.5. The van der Waals surface area contributed by atoms with Gasteiger partial charge in [-0.05, 0) is 78.6 Å². The van der Waals surface area contributed by atoms with Crippen LogP contribution in [0.1, 0.15) is 87.9 Å². The van der Waals surface area contributed by atoms with Crippen LogP contribution in [0, 0.1) is 20.2 Å². The highest BCUT2D eigenvalue weighted by molar-refractivity contribution is 6.33. The van der Waals surface area contributed by atoms with Crippen molar-refractivity contribution in [1.29, 1.82) is 0 Å². The van der Waals surface area contributed by atoms with E-state index in [2.05, 4.69) is 0 Å². The monoisotopic (exact) mass is 792 g/mol. The third-order valence-corrected chi connectivity index (χ3v) is 6.28. The molecule has 2 N–H and O–H groups in total. The minimum Gasteiger partial charge on any atom is -0.478 e. The molecule has 0 saturated carbocycles. The summed E-state index contributed by atoms with van der Waals surface area (Å²) in [5.74, 6) is -2.43. The lowest BCUT2D eigenvalue weighted by atomic mass is 10.2. The number of ether oxygens (including phenoxy) is 5. The Labute approximate surface area is 316 Å². The number of nitrogens with zero attached hydrogens (tertiary/aromatic N) is 2. The molecule has 2 aromatic carbocycles. The van der Waals surface area contributed by atoms with Gasteiger partial charge in [-0.3, -0.25) is 29.8 Å². The number of aliphatic hydroxyl groups excluding tert-OH is 1. The highest BCUT2D eigenvalue weighted by Crippen LogP contribution is 2.26. The number of carbonyl (C=O) groups excluding carboxylic acids is 3. The number of aliphatic hydroxyl groups is 1. The first kappa shape index (κ1) is 48.6. The molecule has 0 radical (unpaired) electrons. The number of aromatic carboxylic acids is 1. The smallest absolute Gasteiger partial charge is 0.338 e. The summed E-state index contributed by atoms with van der Waals surface area (Å²) >= 11 is 11.1. The average Bonchev–Trinajstić information content (AvgIpc) is 3.03. The highest BCUT2D eigenvalue weighted by Gasteiger charge is 2.19. The SMILES string of the molecule is CC(C)(C)OC(=O)CCCOCCO.CC(C)(C)OC(=O)CCCOCCOC(=O)c1ccc(Cl)c([N+](=O)[O-])c1.O=C(O)c1ccc(Cl)c([N+](=O)[O-])c1. The van der Waals surface area contributed by atoms with Crippen molar-refractivity contribution in [2.45, 2.75) is 78.4 Å². The largest absolute Gasteiger partial charge is 0.478 e. The molecule has 0 aliphatic rings. The molecular weight excluding hydrogens is 747 g/mol. The quantitative estimate of drug-likeness (QED) is 0.0563. The van der Waals surface area contributed by atoms with Crippen LogP contribution in [0.2, 0.25) is 10.0 Å². The van der Waals surface area contributed by atoms with Crippen molar-refractivity contribution in [3.63, 3.8) is 0 Å². The summed E-state index contributed by atoms with van der Waals surface area (Å²) in [7, 11) is 0. The van der Waals surface area contributed by atoms with Gasteiger partial charge in [0.05, 0.1) is 40.8 Å². The lowest BCUT2D eigenvalue weighted by Gasteiger charge is -2.19. The van der Waals surface area contributed by atoms with Crippen LogP contribution < -0.4 is 0 Å². The van der Waals surface area contributed by atoms with Gasteiger partial charge in [-0.1, -0.05) is 23.2 Å². The van der Waals surface area contributed by atoms with E-state index in [0.29, 0.717) is 39.1 Å². The number of esters is 3. The lowest BCUT2D eigenvalue weighted by molar-refractivity contribution is -0.384. The number of halogens is 2. The first-order chi connectivity index (χ1) is 24.6. The predicted octanol–water partition coefficient (Wildman–Crippen LogP) is 6.61. The van der Waals surface area contributed by atoms with E-state index in [1.54, 1.807) is 20.8 Å². The standard InChI is InChI=1S/C17H22ClNO7.C10H20O4.C7H4ClNO4/c1-17(2,3)26-15(20)5-4-8-24-9-10-25-16(21)12-6-7-13(18)14(11-12)19(22)23;1-10(2,3)14-9(12)5-4-7-13-8-6-11;8-5-2-1-4(7(10)11)3-6(5)9(12)13/h6-7,11H,4-5,8-10H2,1-3H3;11H,4-8H2,1-3H3;1-3H,(H,10,11). The van der Waals surface area contributed by atoms with E-state index in [1.807, 2.05) is 20.8 Å². The van der Waals surface area contributed by atoms with E-state index in [0.717, 1.165) is 12.1 Å². The maximum Gasteiger partial charge on any atom is 0.338 e. The molecule has 17 nitrogen and oxygen atoms in total. The molecule has 2 rings (SSSR count). The zero-order valence-electron chi connectivity index (χ0n) is 30.4. The number of nitro groups is 2. The van der Waals surface area contributed by atoms with Gasteiger partial charge < -0.3 is 33.9 Å². The molecule has 53 heavy (non-hydrogen) atoms. The van der Waals surface area contributed by atoms with Crippen LogP contribution in [-0.4, -0.2) is 94.8 Å². The van der Waals surface area contributed by atoms with Crippen molar-refractivity contribution < 1.29 is 62.9 Å². The molecule has 0 saturated heterocycles. The molecule has 2 aromatic rings. The third-order valence-electron chi connectivity index (χ3n) is 5.64. The lowest BCUT2D eigenvalue weighted by Crippen LogP contribution is -2.23. The van der Waals surface area contributed by atoms with Gasteiger partial charge in [-0.15, -0.1) is 0 Å². The van der Waals surface area contributed by atoms with Crippen LogP contribution in [0.5, 0.6) is 0 Å². The second kappa shape index (κ2) is 24.8. The topological polar surface area (TPSA) is 241 Å². The normalized spacial score (nSPS) is 10.8. The molecular formula is C34H46Cl2N2O15. The fourth-order valence-corrected chi connectivity index (χ4v) is 3.91. The minimum absolute atomic E-state index is 0.0122. The first-order valence-electron chi connectivity index (χ1n) is 16.1. The van der Waals surface area contributed by atoms with Crippen LogP contribution in [-0.2, 0) is 33.3 Å². The second-order valence-corrected chi connectivity index (χ2v) is 13.4. The van der Waals surface area contributed by atoms with Gasteiger partial charge in [0, 0.05) is 38.2 Å². The third kappa shape index (κ3) is 23.7. The summed E-state index contributed by atoms with van der Waals surface area (Å²) in [6.45, 7) is 12.2. The van der Waals surface area contributed by atoms with E-state index < -0.39 is 38.7 Å². The number of carbonyl (C=O) groups is 4. The van der Waals surface area contributed by atoms with E-state index in [9.17, 15) is 39.4 Å². The van der Waals surface area contributed by atoms with Crippen LogP contribution >= 0.6 is 23.2 Å². The average molecular weight is 794 g/mol. The van der Waals surface area contributed by atoms with Crippen LogP contribution in [0.3, 0.4) is 0 Å². The summed E-state index contributed by atoms with van der Waals surface area (Å²) in [5, 5.41) is 37.9. The molecule has 0 heterocycles. The molecule has 0 aliphatic heterocycles. The predicted molar refractivity (Wildman–Crippen MR) is 192 cm³/mol. The van der Waals surface area contributed by atoms with Gasteiger partial charge in [0.2, 0.25) is 0 Å². The van der Waals surface area contributed by atoms with Gasteiger partial charge >= 0.3 is 23.9 Å². The molecule has 0 bridgehead atoms. The van der Waals surface area contributed by atoms with Crippen LogP contribution in [0.15, 0.2) is 36.4 Å². The first-order valence-corrected chi connectivity index (χ1v) is 16.8. The number of hydrogen-bond acceptors (Lipinski definition) is 14. The van der Waals surface area contributed by atoms with Crippen molar-refractivity contribution in [1.82, 2.24) is 0 Å². The second-order valence-electron chi connectivity index (χ2n) is 12.6. The van der Waals surface area contributed by atoms with E-state index in [4.69, 9.17) is 57.1 Å². The van der Waals surface area contributed by atoms with Gasteiger partial charge in [-0.2, -0.15) is 0 Å². The Hall–Kier alpha value is -4.42. The summed E-state index contributed by atoms with van der Waals surface area (Å²) in [5.41, 5.74) is -1.81. The number of rotatable bonds is 17. The number of nitro benzene ring substituents is 2. The molecule has 0 unspecified atom stereocenters. The molecule has 0 atom stereocenters. The summed E-state index contributed by atoms with van der Waals surface area (Å²) < 4.78 is 25.5. The molecule has 0 aromatic heterocycles. The van der Waals surface area contributed by atoms with E-state index in [1.165, 1.54) is 24.3 Å². The number of hydrogen-bond donors (Lipinski definition) is 2. The molecule has 0 spiro atoms. The fraction of sp³-hybridized carbons (Fsp3) is 0.529. The summed E-state index contributed by atoms with van der Waals surface area (Å²) in [4.78, 5) is 64.6. The zero-order chi connectivity index (χ0) is 40.8. The maximum atomic E-state index is 11.8. The maximum absolute atomic E-state index is 11.8. The van der Waals surface area contributed by atoms with Gasteiger partial charge in [0.25, 0.3) is 11.4 Å². The van der Waals surface area contributed by atoms with Gasteiger partial charge in [0.1, 0.15) is 27.9 Å². The molecule has 296 valence electrons. The van der Waals surface area contributed by atoms with Crippen molar-refractivity contribution in [3.05, 3.63) is 77.8 Å². The van der Waals surface area contributed by atoms with Gasteiger partial charge in [-0.25, -0.2) is 9.59 Å². The van der Waals surface area contributed by atoms with Crippen LogP contribution in [0.25, 0.3) is 0 Å². The van der Waals surface area contributed by atoms with Gasteiger partial charge in [0.15, 0.2) is 0 Å². The minimum atomic E-state index is -1.22. The Morgan fingerprint density at radius 2 is 1.09 bits per heavy atom. The molecule has 0 aliphatic carbocycles. The van der Waals surface area contributed by atoms with Crippen molar-refractivity contribution in [3.8, 4) is 0 Å². The molecule has 19 heteroatoms. The number of benzene rings is 2.